The van der Waals surface area contributed by atoms with Crippen LogP contribution in [0.1, 0.15) is 22.6 Å². The maximum absolute atomic E-state index is 13.1. The van der Waals surface area contributed by atoms with E-state index in [4.69, 9.17) is 0 Å². The van der Waals surface area contributed by atoms with Gasteiger partial charge >= 0.3 is 0 Å². The van der Waals surface area contributed by atoms with Gasteiger partial charge in [-0.05, 0) is 48.9 Å². The summed E-state index contributed by atoms with van der Waals surface area (Å²) in [4.78, 5) is 34.2. The van der Waals surface area contributed by atoms with E-state index in [1.807, 2.05) is 0 Å². The first kappa shape index (κ1) is 17.7. The Morgan fingerprint density at radius 3 is 2.79 bits per heavy atom. The number of nitrogens with zero attached hydrogens (tertiary/aromatic N) is 3. The monoisotopic (exact) mass is 406 g/mol. The summed E-state index contributed by atoms with van der Waals surface area (Å²) < 4.78 is 14.8. The van der Waals surface area contributed by atoms with Crippen LogP contribution in [-0.2, 0) is 13.0 Å². The number of thiazole rings is 1. The van der Waals surface area contributed by atoms with Crippen molar-refractivity contribution in [2.24, 2.45) is 0 Å². The van der Waals surface area contributed by atoms with Crippen LogP contribution < -0.4 is 10.9 Å². The number of hydrogen-bond donors (Lipinski definition) is 1. The molecule has 0 spiro atoms. The summed E-state index contributed by atoms with van der Waals surface area (Å²) in [6, 6.07) is 10.9. The van der Waals surface area contributed by atoms with Crippen molar-refractivity contribution in [2.75, 3.05) is 5.32 Å². The van der Waals surface area contributed by atoms with E-state index in [0.29, 0.717) is 33.8 Å². The molecular weight excluding hydrogens is 391 g/mol. The molecule has 0 unspecified atom stereocenters. The van der Waals surface area contributed by atoms with Crippen LogP contribution in [-0.4, -0.2) is 20.4 Å². The van der Waals surface area contributed by atoms with Crippen LogP contribution in [0.5, 0.6) is 0 Å². The predicted molar refractivity (Wildman–Crippen MR) is 110 cm³/mol. The lowest BCUT2D eigenvalue weighted by Gasteiger charge is -2.07. The first-order chi connectivity index (χ1) is 14.1. The first-order valence-corrected chi connectivity index (χ1v) is 10.0. The molecule has 0 saturated carbocycles. The molecule has 8 heteroatoms. The van der Waals surface area contributed by atoms with Crippen LogP contribution in [0.25, 0.3) is 22.2 Å². The fourth-order valence-electron chi connectivity index (χ4n) is 3.48. The first-order valence-electron chi connectivity index (χ1n) is 9.15. The normalized spacial score (nSPS) is 12.9. The van der Waals surface area contributed by atoms with Crippen molar-refractivity contribution in [2.45, 2.75) is 19.4 Å². The van der Waals surface area contributed by atoms with Gasteiger partial charge in [-0.15, -0.1) is 11.3 Å². The second-order valence-electron chi connectivity index (χ2n) is 6.82. The lowest BCUT2D eigenvalue weighted by Crippen LogP contribution is -2.21. The minimum atomic E-state index is -0.325. The predicted octanol–water partition coefficient (Wildman–Crippen LogP) is 3.86. The zero-order chi connectivity index (χ0) is 20.0. The summed E-state index contributed by atoms with van der Waals surface area (Å²) in [7, 11) is 0. The van der Waals surface area contributed by atoms with Crippen LogP contribution in [0.3, 0.4) is 0 Å². The van der Waals surface area contributed by atoms with Crippen molar-refractivity contribution in [3.05, 3.63) is 75.4 Å². The smallest absolute Gasteiger partial charge is 0.261 e. The van der Waals surface area contributed by atoms with E-state index in [1.54, 1.807) is 40.3 Å². The minimum absolute atomic E-state index is 0.0571. The maximum Gasteiger partial charge on any atom is 0.261 e. The lowest BCUT2D eigenvalue weighted by molar-refractivity contribution is 0.102. The number of nitrogens with one attached hydrogen (secondary N) is 1. The van der Waals surface area contributed by atoms with Crippen LogP contribution in [0.4, 0.5) is 9.52 Å². The van der Waals surface area contributed by atoms with Gasteiger partial charge in [0, 0.05) is 29.5 Å². The summed E-state index contributed by atoms with van der Waals surface area (Å²) in [6.07, 6.45) is 1.68. The van der Waals surface area contributed by atoms with Gasteiger partial charge in [0.05, 0.1) is 16.6 Å². The van der Waals surface area contributed by atoms with E-state index >= 15 is 0 Å². The highest BCUT2D eigenvalue weighted by Crippen LogP contribution is 2.25. The number of carbonyl (C=O) groups excluding carboxylic acids is 1. The number of carbonyl (C=O) groups is 1. The van der Waals surface area contributed by atoms with Gasteiger partial charge in [0.15, 0.2) is 5.13 Å². The number of halogens is 1. The number of anilines is 1. The van der Waals surface area contributed by atoms with Crippen molar-refractivity contribution < 1.29 is 9.18 Å². The highest BCUT2D eigenvalue weighted by atomic mass is 32.1. The Morgan fingerprint density at radius 2 is 1.97 bits per heavy atom. The van der Waals surface area contributed by atoms with E-state index in [0.717, 1.165) is 24.2 Å². The maximum atomic E-state index is 13.1. The minimum Gasteiger partial charge on any atom is -0.298 e. The third-order valence-electron chi connectivity index (χ3n) is 4.94. The Bertz CT molecular complexity index is 1310. The van der Waals surface area contributed by atoms with Crippen LogP contribution in [0.15, 0.2) is 52.6 Å². The number of fused-ring (bicyclic) bond motifs is 2. The summed E-state index contributed by atoms with van der Waals surface area (Å²) in [5, 5.41) is 5.53. The molecule has 1 amide bonds. The molecule has 0 aliphatic carbocycles. The molecule has 4 aromatic rings. The van der Waals surface area contributed by atoms with Gasteiger partial charge in [-0.25, -0.2) is 14.4 Å². The number of hydrogen-bond acceptors (Lipinski definition) is 5. The van der Waals surface area contributed by atoms with Gasteiger partial charge in [-0.2, -0.15) is 0 Å². The molecule has 0 fully saturated rings. The number of rotatable bonds is 3. The molecule has 0 radical (unpaired) electrons. The molecule has 0 atom stereocenters. The van der Waals surface area contributed by atoms with E-state index in [2.05, 4.69) is 15.3 Å². The van der Waals surface area contributed by atoms with Gasteiger partial charge in [-0.3, -0.25) is 19.5 Å². The Labute approximate surface area is 168 Å². The zero-order valence-electron chi connectivity index (χ0n) is 15.2. The van der Waals surface area contributed by atoms with Crippen molar-refractivity contribution >= 4 is 33.3 Å². The average molecular weight is 406 g/mol. The molecule has 2 aromatic carbocycles. The average Bonchev–Trinajstić information content (AvgIpc) is 3.38. The summed E-state index contributed by atoms with van der Waals surface area (Å²) in [5.74, 6) is 0.130. The van der Waals surface area contributed by atoms with Crippen molar-refractivity contribution in [1.29, 1.82) is 0 Å². The molecule has 5 rings (SSSR count). The van der Waals surface area contributed by atoms with Crippen molar-refractivity contribution in [3.63, 3.8) is 0 Å². The molecule has 0 saturated heterocycles. The molecular formula is C21H15FN4O2S. The Morgan fingerprint density at radius 1 is 1.14 bits per heavy atom. The largest absolute Gasteiger partial charge is 0.298 e. The van der Waals surface area contributed by atoms with Crippen molar-refractivity contribution in [1.82, 2.24) is 14.5 Å². The fraction of sp³-hybridized carbons (Fsp3) is 0.143. The third kappa shape index (κ3) is 3.21. The molecule has 1 aliphatic rings. The Balaban J connectivity index is 1.41. The molecule has 0 bridgehead atoms. The molecule has 29 heavy (non-hydrogen) atoms. The Kier molecular flexibility index (Phi) is 4.21. The van der Waals surface area contributed by atoms with Gasteiger partial charge in [-0.1, -0.05) is 0 Å². The number of amides is 1. The van der Waals surface area contributed by atoms with Gasteiger partial charge in [0.2, 0.25) is 0 Å². The van der Waals surface area contributed by atoms with Gasteiger partial charge < -0.3 is 0 Å². The van der Waals surface area contributed by atoms with E-state index in [1.165, 1.54) is 23.5 Å². The second-order valence-corrected chi connectivity index (χ2v) is 7.68. The summed E-state index contributed by atoms with van der Waals surface area (Å²) in [6.45, 7) is 0.694. The molecule has 144 valence electrons. The fourth-order valence-corrected chi connectivity index (χ4v) is 4.19. The van der Waals surface area contributed by atoms with E-state index < -0.39 is 0 Å². The standard InChI is InChI=1S/C21H15FN4O2S/c22-14-6-3-12(4-7-14)17-11-29-21(24-17)25-19(27)13-5-8-15-16(10-13)23-18-2-1-9-26(18)20(15)28/h3-8,10-11H,1-2,9H2,(H,24,25,27). The Hall–Kier alpha value is -3.39. The summed E-state index contributed by atoms with van der Waals surface area (Å²) >= 11 is 1.29. The van der Waals surface area contributed by atoms with Gasteiger partial charge in [0.25, 0.3) is 11.5 Å². The number of aryl methyl sites for hydroxylation is 1. The van der Waals surface area contributed by atoms with E-state index in [-0.39, 0.29) is 17.3 Å². The number of benzene rings is 2. The van der Waals surface area contributed by atoms with Crippen LogP contribution in [0, 0.1) is 5.82 Å². The second kappa shape index (κ2) is 6.89. The molecule has 3 heterocycles. The van der Waals surface area contributed by atoms with E-state index in [9.17, 15) is 14.0 Å². The lowest BCUT2D eigenvalue weighted by atomic mass is 10.1. The highest BCUT2D eigenvalue weighted by Gasteiger charge is 2.17. The molecule has 1 N–H and O–H groups in total. The summed E-state index contributed by atoms with van der Waals surface area (Å²) in [5.41, 5.74) is 2.31. The molecule has 6 nitrogen and oxygen atoms in total. The van der Waals surface area contributed by atoms with Gasteiger partial charge in [0.1, 0.15) is 11.6 Å². The van der Waals surface area contributed by atoms with Crippen LogP contribution in [0.2, 0.25) is 0 Å². The SMILES string of the molecule is O=C(Nc1nc(-c2ccc(F)cc2)cs1)c1ccc2c(=O)n3c(nc2c1)CCC3. The topological polar surface area (TPSA) is 76.9 Å². The molecule has 1 aliphatic heterocycles. The van der Waals surface area contributed by atoms with Crippen molar-refractivity contribution in [3.8, 4) is 11.3 Å². The quantitative estimate of drug-likeness (QED) is 0.561. The third-order valence-corrected chi connectivity index (χ3v) is 5.70. The van der Waals surface area contributed by atoms with Crippen LogP contribution >= 0.6 is 11.3 Å². The highest BCUT2D eigenvalue weighted by molar-refractivity contribution is 7.14. The number of aromatic nitrogens is 3. The zero-order valence-corrected chi connectivity index (χ0v) is 16.0. The molecule has 2 aromatic heterocycles.